The molecule has 3 rings (SSSR count). The summed E-state index contributed by atoms with van der Waals surface area (Å²) in [4.78, 5) is 12.4. The third kappa shape index (κ3) is 3.60. The van der Waals surface area contributed by atoms with E-state index in [4.69, 9.17) is 9.15 Å². The molecule has 1 amide bonds. The topological polar surface area (TPSA) is 88.9 Å². The Labute approximate surface area is 146 Å². The first kappa shape index (κ1) is 17.7. The first-order valence-corrected chi connectivity index (χ1v) is 9.39. The molecule has 0 bridgehead atoms. The smallest absolute Gasteiger partial charge is 0.291 e. The van der Waals surface area contributed by atoms with E-state index in [2.05, 4.69) is 5.32 Å². The van der Waals surface area contributed by atoms with Gasteiger partial charge >= 0.3 is 0 Å². The lowest BCUT2D eigenvalue weighted by Crippen LogP contribution is -2.40. The third-order valence-electron chi connectivity index (χ3n) is 4.09. The maximum absolute atomic E-state index is 12.5. The molecule has 2 aromatic rings. The largest absolute Gasteiger partial charge is 0.438 e. The van der Waals surface area contributed by atoms with Crippen LogP contribution in [-0.2, 0) is 14.8 Å². The van der Waals surface area contributed by atoms with E-state index in [0.717, 1.165) is 11.1 Å². The highest BCUT2D eigenvalue weighted by Crippen LogP contribution is 2.23. The van der Waals surface area contributed by atoms with E-state index in [1.54, 1.807) is 0 Å². The number of amides is 1. The van der Waals surface area contributed by atoms with Crippen molar-refractivity contribution in [3.8, 4) is 0 Å². The molecule has 1 N–H and O–H groups in total. The van der Waals surface area contributed by atoms with Crippen LogP contribution >= 0.6 is 0 Å². The summed E-state index contributed by atoms with van der Waals surface area (Å²) in [5.41, 5.74) is 2.53. The fourth-order valence-corrected chi connectivity index (χ4v) is 4.00. The molecular weight excluding hydrogens is 344 g/mol. The summed E-state index contributed by atoms with van der Waals surface area (Å²) in [6, 6.07) is 8.36. The number of carbonyl (C=O) groups excluding carboxylic acids is 1. The molecule has 1 saturated heterocycles. The van der Waals surface area contributed by atoms with E-state index in [0.29, 0.717) is 18.9 Å². The first-order chi connectivity index (χ1) is 11.9. The lowest BCUT2D eigenvalue weighted by atomic mass is 10.1. The summed E-state index contributed by atoms with van der Waals surface area (Å²) < 4.78 is 36.9. The number of nitrogens with one attached hydrogen (secondary N) is 1. The van der Waals surface area contributed by atoms with Crippen LogP contribution in [0.2, 0.25) is 0 Å². The number of morpholine rings is 1. The molecular formula is C17H20N2O5S. The Bertz CT molecular complexity index is 862. The van der Waals surface area contributed by atoms with Crippen molar-refractivity contribution in [2.75, 3.05) is 31.6 Å². The summed E-state index contributed by atoms with van der Waals surface area (Å²) in [5, 5.41) is 2.54. The number of anilines is 1. The van der Waals surface area contributed by atoms with Crippen LogP contribution in [0.3, 0.4) is 0 Å². The number of furan rings is 1. The van der Waals surface area contributed by atoms with Crippen molar-refractivity contribution in [3.05, 3.63) is 47.2 Å². The number of ether oxygens (including phenoxy) is 1. The zero-order chi connectivity index (χ0) is 18.0. The Hall–Kier alpha value is -2.16. The minimum Gasteiger partial charge on any atom is -0.438 e. The average molecular weight is 364 g/mol. The normalized spacial score (nSPS) is 15.9. The molecule has 8 heteroatoms. The van der Waals surface area contributed by atoms with Gasteiger partial charge < -0.3 is 14.5 Å². The van der Waals surface area contributed by atoms with Gasteiger partial charge in [0.1, 0.15) is 0 Å². The Kier molecular flexibility index (Phi) is 4.94. The zero-order valence-corrected chi connectivity index (χ0v) is 14.9. The molecule has 0 spiro atoms. The number of benzene rings is 1. The van der Waals surface area contributed by atoms with Crippen LogP contribution in [-0.4, -0.2) is 44.9 Å². The van der Waals surface area contributed by atoms with Crippen LogP contribution in [0.15, 0.2) is 39.8 Å². The quantitative estimate of drug-likeness (QED) is 0.898. The summed E-state index contributed by atoms with van der Waals surface area (Å²) in [5.74, 6) is -0.532. The fraction of sp³-hybridized carbons (Fsp3) is 0.353. The van der Waals surface area contributed by atoms with Crippen LogP contribution in [0.1, 0.15) is 21.7 Å². The summed E-state index contributed by atoms with van der Waals surface area (Å²) in [7, 11) is -3.76. The van der Waals surface area contributed by atoms with Crippen LogP contribution in [0, 0.1) is 13.8 Å². The SMILES string of the molecule is Cc1cccc(C)c1NC(=O)c1ccc(S(=O)(=O)N2CCOCC2)o1. The molecule has 134 valence electrons. The standard InChI is InChI=1S/C17H20N2O5S/c1-12-4-3-5-13(2)16(12)18-17(20)14-6-7-15(24-14)25(21,22)19-8-10-23-11-9-19/h3-7H,8-11H2,1-2H3,(H,18,20). The lowest BCUT2D eigenvalue weighted by molar-refractivity contribution is 0.0723. The van der Waals surface area contributed by atoms with Gasteiger partial charge in [0, 0.05) is 18.8 Å². The van der Waals surface area contributed by atoms with Crippen LogP contribution < -0.4 is 5.32 Å². The van der Waals surface area contributed by atoms with E-state index < -0.39 is 15.9 Å². The van der Waals surface area contributed by atoms with Crippen molar-refractivity contribution in [2.45, 2.75) is 18.9 Å². The number of aryl methyl sites for hydroxylation is 2. The van der Waals surface area contributed by atoms with Gasteiger partial charge in [0.25, 0.3) is 15.9 Å². The van der Waals surface area contributed by atoms with Gasteiger partial charge in [-0.3, -0.25) is 4.79 Å². The predicted octanol–water partition coefficient (Wildman–Crippen LogP) is 2.17. The molecule has 0 unspecified atom stereocenters. The van der Waals surface area contributed by atoms with E-state index >= 15 is 0 Å². The highest BCUT2D eigenvalue weighted by atomic mass is 32.2. The molecule has 2 heterocycles. The van der Waals surface area contributed by atoms with Crippen LogP contribution in [0.25, 0.3) is 0 Å². The van der Waals surface area contributed by atoms with Crippen molar-refractivity contribution in [3.63, 3.8) is 0 Å². The summed E-state index contributed by atoms with van der Waals surface area (Å²) in [6.07, 6.45) is 0. The van der Waals surface area contributed by atoms with E-state index in [1.807, 2.05) is 32.0 Å². The molecule has 1 aromatic carbocycles. The molecule has 25 heavy (non-hydrogen) atoms. The molecule has 1 fully saturated rings. The highest BCUT2D eigenvalue weighted by Gasteiger charge is 2.30. The molecule has 0 atom stereocenters. The Morgan fingerprint density at radius 2 is 1.72 bits per heavy atom. The van der Waals surface area contributed by atoms with Crippen LogP contribution in [0.5, 0.6) is 0 Å². The van der Waals surface area contributed by atoms with Crippen molar-refractivity contribution >= 4 is 21.6 Å². The first-order valence-electron chi connectivity index (χ1n) is 7.95. The van der Waals surface area contributed by atoms with Gasteiger partial charge in [0.15, 0.2) is 5.76 Å². The van der Waals surface area contributed by atoms with E-state index in [9.17, 15) is 13.2 Å². The van der Waals surface area contributed by atoms with Crippen molar-refractivity contribution < 1.29 is 22.4 Å². The average Bonchev–Trinajstić information content (AvgIpc) is 3.10. The minimum absolute atomic E-state index is 0.0468. The van der Waals surface area contributed by atoms with Crippen molar-refractivity contribution in [1.82, 2.24) is 4.31 Å². The Balaban J connectivity index is 1.80. The number of hydrogen-bond acceptors (Lipinski definition) is 5. The molecule has 0 radical (unpaired) electrons. The van der Waals surface area contributed by atoms with E-state index in [-0.39, 0.29) is 23.9 Å². The second-order valence-electron chi connectivity index (χ2n) is 5.86. The molecule has 0 saturated carbocycles. The number of hydrogen-bond donors (Lipinski definition) is 1. The van der Waals surface area contributed by atoms with Gasteiger partial charge in [-0.25, -0.2) is 8.42 Å². The molecule has 1 aliphatic rings. The van der Waals surface area contributed by atoms with Gasteiger partial charge in [-0.05, 0) is 37.1 Å². The second kappa shape index (κ2) is 6.99. The number of sulfonamides is 1. The number of nitrogens with zero attached hydrogens (tertiary/aromatic N) is 1. The second-order valence-corrected chi connectivity index (χ2v) is 7.72. The highest BCUT2D eigenvalue weighted by molar-refractivity contribution is 7.89. The fourth-order valence-electron chi connectivity index (χ4n) is 2.68. The maximum Gasteiger partial charge on any atom is 0.291 e. The van der Waals surface area contributed by atoms with Gasteiger partial charge in [0.2, 0.25) is 5.09 Å². The third-order valence-corrected chi connectivity index (χ3v) is 5.86. The number of rotatable bonds is 4. The number of carbonyl (C=O) groups is 1. The molecule has 1 aliphatic heterocycles. The molecule has 1 aromatic heterocycles. The van der Waals surface area contributed by atoms with Crippen LogP contribution in [0.4, 0.5) is 5.69 Å². The van der Waals surface area contributed by atoms with Gasteiger partial charge in [-0.2, -0.15) is 4.31 Å². The lowest BCUT2D eigenvalue weighted by Gasteiger charge is -2.24. The van der Waals surface area contributed by atoms with Crippen molar-refractivity contribution in [2.24, 2.45) is 0 Å². The zero-order valence-electron chi connectivity index (χ0n) is 14.1. The summed E-state index contributed by atoms with van der Waals surface area (Å²) >= 11 is 0. The molecule has 7 nitrogen and oxygen atoms in total. The van der Waals surface area contributed by atoms with Gasteiger partial charge in [0.05, 0.1) is 13.2 Å². The Morgan fingerprint density at radius 1 is 1.08 bits per heavy atom. The van der Waals surface area contributed by atoms with E-state index in [1.165, 1.54) is 16.4 Å². The maximum atomic E-state index is 12.5. The minimum atomic E-state index is -3.76. The van der Waals surface area contributed by atoms with Crippen molar-refractivity contribution in [1.29, 1.82) is 0 Å². The number of para-hydroxylation sites is 1. The monoisotopic (exact) mass is 364 g/mol. The predicted molar refractivity (Wildman–Crippen MR) is 92.2 cm³/mol. The summed E-state index contributed by atoms with van der Waals surface area (Å²) in [6.45, 7) is 5.01. The van der Waals surface area contributed by atoms with Gasteiger partial charge in [-0.1, -0.05) is 18.2 Å². The Morgan fingerprint density at radius 3 is 2.36 bits per heavy atom. The van der Waals surface area contributed by atoms with Gasteiger partial charge in [-0.15, -0.1) is 0 Å². The molecule has 0 aliphatic carbocycles.